The van der Waals surface area contributed by atoms with Gasteiger partial charge >= 0.3 is 6.09 Å². The third-order valence-corrected chi connectivity index (χ3v) is 13.4. The van der Waals surface area contributed by atoms with E-state index in [4.69, 9.17) is 58.8 Å². The van der Waals surface area contributed by atoms with Crippen LogP contribution in [-0.2, 0) is 71.3 Å². The standard InChI is InChI=1S/C42H65N5O27/c1-10-18(45-12(3)49)37(66-11(2)28(10)69-40-27(59)24(56)25(57)30(71-40)35(61)47-19-14(51)6-7-15(19)52)70-29-17(9-65-39-26(58)23(55)21(53)16(8-48)67-39)68-38(20(22(29)54)46-13(4)50)72-31-32(74-41(44)63)42(5,64)33(34(43)60)73-36(31)62/h10-11,16-18,20-33,36-40,48,51,53-59,62,64H,6-9H2,1-5H3,(H2,43,60)(H2,44,63)(H,45,49)(H,46,50)(H,47,61)/t10-,11?,16?,17?,18?,20?,21-,22-,23+,24+,25-,26?,27?,28+,29-,30?,31?,32-,33?,36+,37+,38+,39-,40-,42+/m1/s1. The summed E-state index contributed by atoms with van der Waals surface area (Å²) in [5, 5.41) is 126. The summed E-state index contributed by atoms with van der Waals surface area (Å²) < 4.78 is 58.1. The SMILES string of the molecule is CC(=O)NC1[C@H](O[C@@H]2C(CO[C@@H]3OC(CO)[C@@H](O)[C@H](O)C3O)O[C@@H](OC3[C@@H](OC(N)=O)[C@](C)(O)C(C(N)=O)O[C@@H]3O)C(NC(C)=O)[C@H]2O)OC(C)[C@@H](O[C@@H]2OC(C(=O)NC3=C(O)CCC3=O)[C@H](O)[C@H](O)C2O)[C@@H]1C. The minimum Gasteiger partial charge on any atom is -0.510 e. The fraction of sp³-hybridized carbons (Fsp3) is 0.810. The zero-order valence-corrected chi connectivity index (χ0v) is 40.3. The quantitative estimate of drug-likeness (QED) is 0.0682. The predicted molar refractivity (Wildman–Crippen MR) is 232 cm³/mol. The highest BCUT2D eigenvalue weighted by molar-refractivity contribution is 6.02. The van der Waals surface area contributed by atoms with Crippen LogP contribution in [0.25, 0.3) is 0 Å². The summed E-state index contributed by atoms with van der Waals surface area (Å²) in [5.41, 5.74) is 7.60. The summed E-state index contributed by atoms with van der Waals surface area (Å²) in [6, 6.07) is -3.14. The molecule has 32 heteroatoms. The molecule has 6 aliphatic rings. The van der Waals surface area contributed by atoms with E-state index < -0.39 is 213 Å². The van der Waals surface area contributed by atoms with Gasteiger partial charge in [-0.2, -0.15) is 0 Å². The van der Waals surface area contributed by atoms with Crippen LogP contribution in [0.3, 0.4) is 0 Å². The third-order valence-electron chi connectivity index (χ3n) is 13.4. The van der Waals surface area contributed by atoms with Crippen LogP contribution in [-0.4, -0.2) is 252 Å². The minimum absolute atomic E-state index is 0.0648. The van der Waals surface area contributed by atoms with E-state index in [1.54, 1.807) is 0 Å². The minimum atomic E-state index is -2.59. The Bertz CT molecular complexity index is 2090. The number of Topliss-reactive ketones (excluding diaryl/α,β-unsaturated/α-hetero) is 1. The van der Waals surface area contributed by atoms with E-state index in [1.165, 1.54) is 13.8 Å². The molecule has 18 N–H and O–H groups in total. The van der Waals surface area contributed by atoms with Gasteiger partial charge in [-0.3, -0.25) is 24.0 Å². The number of ether oxygens (including phenoxy) is 10. The molecule has 5 aliphatic heterocycles. The number of amides is 5. The van der Waals surface area contributed by atoms with E-state index in [2.05, 4.69) is 16.0 Å². The first-order valence-electron chi connectivity index (χ1n) is 23.3. The number of nitrogens with two attached hydrogens (primary N) is 2. The average molecular weight is 1070 g/mol. The Labute approximate surface area is 419 Å². The molecule has 0 saturated carbocycles. The van der Waals surface area contributed by atoms with Crippen molar-refractivity contribution in [3.63, 3.8) is 0 Å². The van der Waals surface area contributed by atoms with Gasteiger partial charge in [0.25, 0.3) is 5.91 Å². The normalized spacial score (nSPS) is 44.8. The summed E-state index contributed by atoms with van der Waals surface area (Å²) in [4.78, 5) is 75.5. The molecule has 0 aromatic rings. The van der Waals surface area contributed by atoms with Crippen LogP contribution in [0.15, 0.2) is 11.5 Å². The monoisotopic (exact) mass is 1070 g/mol. The number of hydrogen-bond acceptors (Lipinski definition) is 27. The number of allylic oxidation sites excluding steroid dienone is 2. The van der Waals surface area contributed by atoms with Gasteiger partial charge in [0.05, 0.1) is 31.5 Å². The van der Waals surface area contributed by atoms with E-state index in [1.807, 2.05) is 0 Å². The van der Waals surface area contributed by atoms with E-state index in [0.29, 0.717) is 0 Å². The van der Waals surface area contributed by atoms with Crippen molar-refractivity contribution in [3.8, 4) is 0 Å². The predicted octanol–water partition coefficient (Wildman–Crippen LogP) is -9.09. The number of ketones is 1. The number of rotatable bonds is 16. The van der Waals surface area contributed by atoms with Gasteiger partial charge in [-0.1, -0.05) is 6.92 Å². The van der Waals surface area contributed by atoms with E-state index in [-0.39, 0.29) is 12.8 Å². The summed E-state index contributed by atoms with van der Waals surface area (Å²) in [5.74, 6) is -6.12. The number of carbonyl (C=O) groups is 6. The highest BCUT2D eigenvalue weighted by Gasteiger charge is 2.61. The molecule has 5 saturated heterocycles. The Kier molecular flexibility index (Phi) is 19.0. The Balaban J connectivity index is 1.30. The van der Waals surface area contributed by atoms with Crippen molar-refractivity contribution in [1.82, 2.24) is 16.0 Å². The molecule has 10 unspecified atom stereocenters. The fourth-order valence-electron chi connectivity index (χ4n) is 9.57. The number of aliphatic hydroxyl groups excluding tert-OH is 10. The second-order valence-corrected chi connectivity index (χ2v) is 18.9. The number of primary amides is 2. The molecular formula is C42H65N5O27. The smallest absolute Gasteiger partial charge is 0.404 e. The second kappa shape index (κ2) is 23.9. The van der Waals surface area contributed by atoms with Crippen LogP contribution in [0.1, 0.15) is 47.5 Å². The van der Waals surface area contributed by atoms with Crippen LogP contribution in [0, 0.1) is 5.92 Å². The molecule has 25 atom stereocenters. The lowest BCUT2D eigenvalue weighted by Crippen LogP contribution is -2.72. The van der Waals surface area contributed by atoms with Gasteiger partial charge in [-0.25, -0.2) is 4.79 Å². The molecule has 0 aromatic carbocycles. The molecule has 0 bridgehead atoms. The van der Waals surface area contributed by atoms with Crippen molar-refractivity contribution in [2.75, 3.05) is 13.2 Å². The lowest BCUT2D eigenvalue weighted by atomic mass is 9.85. The fourth-order valence-corrected chi connectivity index (χ4v) is 9.57. The summed E-state index contributed by atoms with van der Waals surface area (Å²) >= 11 is 0. The highest BCUT2D eigenvalue weighted by atomic mass is 16.8. The van der Waals surface area contributed by atoms with Gasteiger partial charge in [0.2, 0.25) is 17.7 Å². The summed E-state index contributed by atoms with van der Waals surface area (Å²) in [6.45, 7) is 4.23. The first kappa shape index (κ1) is 58.9. The van der Waals surface area contributed by atoms with E-state index in [9.17, 15) is 84.9 Å². The number of carbonyl (C=O) groups excluding carboxylic acids is 6. The van der Waals surface area contributed by atoms with Gasteiger partial charge in [0, 0.05) is 32.6 Å². The number of aliphatic hydroxyl groups is 11. The molecule has 74 heavy (non-hydrogen) atoms. The Morgan fingerprint density at radius 2 is 1.26 bits per heavy atom. The Morgan fingerprint density at radius 3 is 1.84 bits per heavy atom. The van der Waals surface area contributed by atoms with Crippen molar-refractivity contribution < 1.29 is 132 Å². The van der Waals surface area contributed by atoms with Crippen LogP contribution in [0.4, 0.5) is 4.79 Å². The second-order valence-electron chi connectivity index (χ2n) is 18.9. The van der Waals surface area contributed by atoms with Crippen LogP contribution in [0.2, 0.25) is 0 Å². The van der Waals surface area contributed by atoms with Gasteiger partial charge < -0.3 is 131 Å². The topological polar surface area (TPSA) is 505 Å². The van der Waals surface area contributed by atoms with Crippen molar-refractivity contribution in [3.05, 3.63) is 11.5 Å². The molecule has 1 aliphatic carbocycles. The van der Waals surface area contributed by atoms with Crippen molar-refractivity contribution >= 4 is 35.5 Å². The van der Waals surface area contributed by atoms with Crippen molar-refractivity contribution in [2.24, 2.45) is 17.4 Å². The van der Waals surface area contributed by atoms with Crippen molar-refractivity contribution in [2.45, 2.75) is 194 Å². The maximum atomic E-state index is 13.3. The molecule has 5 fully saturated rings. The number of nitrogens with one attached hydrogen (secondary N) is 3. The average Bonchev–Trinajstić information content (AvgIpc) is 3.63. The van der Waals surface area contributed by atoms with Crippen LogP contribution < -0.4 is 27.4 Å². The largest absolute Gasteiger partial charge is 0.510 e. The zero-order chi connectivity index (χ0) is 55.0. The molecule has 5 amide bonds. The first-order valence-corrected chi connectivity index (χ1v) is 23.3. The highest BCUT2D eigenvalue weighted by Crippen LogP contribution is 2.39. The van der Waals surface area contributed by atoms with Crippen molar-refractivity contribution in [1.29, 1.82) is 0 Å². The number of hydrogen-bond donors (Lipinski definition) is 16. The summed E-state index contributed by atoms with van der Waals surface area (Å²) in [6.07, 6.45) is -41.3. The maximum absolute atomic E-state index is 13.3. The molecule has 0 spiro atoms. The maximum Gasteiger partial charge on any atom is 0.404 e. The van der Waals surface area contributed by atoms with Gasteiger partial charge in [-0.05, 0) is 13.8 Å². The lowest BCUT2D eigenvalue weighted by molar-refractivity contribution is -0.375. The Hall–Kier alpha value is -4.40. The first-order chi connectivity index (χ1) is 34.6. The molecule has 0 aromatic heterocycles. The molecule has 32 nitrogen and oxygen atoms in total. The van der Waals surface area contributed by atoms with Crippen LogP contribution in [0.5, 0.6) is 0 Å². The lowest BCUT2D eigenvalue weighted by Gasteiger charge is -2.51. The van der Waals surface area contributed by atoms with Crippen LogP contribution >= 0.6 is 0 Å². The van der Waals surface area contributed by atoms with Gasteiger partial charge in [0.1, 0.15) is 84.1 Å². The zero-order valence-electron chi connectivity index (χ0n) is 40.3. The molecular weight excluding hydrogens is 1010 g/mol. The molecule has 6 rings (SSSR count). The van der Waals surface area contributed by atoms with E-state index >= 15 is 0 Å². The summed E-state index contributed by atoms with van der Waals surface area (Å²) in [7, 11) is 0. The van der Waals surface area contributed by atoms with E-state index in [0.717, 1.165) is 20.8 Å². The third kappa shape index (κ3) is 12.4. The Morgan fingerprint density at radius 1 is 0.689 bits per heavy atom. The molecule has 5 heterocycles. The molecule has 420 valence electrons. The van der Waals surface area contributed by atoms with Gasteiger partial charge in [-0.15, -0.1) is 0 Å². The molecule has 0 radical (unpaired) electrons. The van der Waals surface area contributed by atoms with Gasteiger partial charge in [0.15, 0.2) is 61.6 Å².